The van der Waals surface area contributed by atoms with Crippen molar-refractivity contribution in [3.8, 4) is 0 Å². The number of aromatic nitrogens is 3. The van der Waals surface area contributed by atoms with Crippen LogP contribution in [0.2, 0.25) is 5.02 Å². The van der Waals surface area contributed by atoms with E-state index in [0.717, 1.165) is 11.6 Å². The molecular formula is C18H16ClFN6O2S. The summed E-state index contributed by atoms with van der Waals surface area (Å²) in [6.45, 7) is 1.43. The first-order valence-corrected chi connectivity index (χ1v) is 10.7. The Morgan fingerprint density at radius 3 is 2.83 bits per heavy atom. The van der Waals surface area contributed by atoms with Crippen molar-refractivity contribution in [1.82, 2.24) is 20.3 Å². The summed E-state index contributed by atoms with van der Waals surface area (Å²) in [6.07, 6.45) is 4.07. The van der Waals surface area contributed by atoms with Gasteiger partial charge in [-0.25, -0.2) is 22.8 Å². The molecule has 1 saturated heterocycles. The third-order valence-electron chi connectivity index (χ3n) is 4.75. The van der Waals surface area contributed by atoms with E-state index in [0.29, 0.717) is 16.4 Å². The highest BCUT2D eigenvalue weighted by molar-refractivity contribution is 7.92. The zero-order valence-electron chi connectivity index (χ0n) is 15.1. The van der Waals surface area contributed by atoms with Gasteiger partial charge in [-0.2, -0.15) is 0 Å². The third-order valence-corrected chi connectivity index (χ3v) is 7.06. The van der Waals surface area contributed by atoms with Crippen molar-refractivity contribution >= 4 is 49.8 Å². The van der Waals surface area contributed by atoms with Gasteiger partial charge in [0.15, 0.2) is 15.7 Å². The van der Waals surface area contributed by atoms with E-state index in [4.69, 9.17) is 17.0 Å². The first-order valence-electron chi connectivity index (χ1n) is 8.64. The Bertz CT molecular complexity index is 1240. The maximum atomic E-state index is 14.4. The van der Waals surface area contributed by atoms with Crippen molar-refractivity contribution in [1.29, 1.82) is 5.41 Å². The summed E-state index contributed by atoms with van der Waals surface area (Å²) >= 11 is 5.97. The lowest BCUT2D eigenvalue weighted by molar-refractivity contribution is 0.544. The third kappa shape index (κ3) is 3.73. The van der Waals surface area contributed by atoms with Crippen LogP contribution < -0.4 is 10.6 Å². The van der Waals surface area contributed by atoms with E-state index in [-0.39, 0.29) is 23.0 Å². The van der Waals surface area contributed by atoms with E-state index >= 15 is 0 Å². The van der Waals surface area contributed by atoms with Gasteiger partial charge in [-0.1, -0.05) is 11.6 Å². The van der Waals surface area contributed by atoms with Crippen LogP contribution in [0.1, 0.15) is 18.5 Å². The lowest BCUT2D eigenvalue weighted by atomic mass is 10.1. The maximum absolute atomic E-state index is 14.4. The van der Waals surface area contributed by atoms with Crippen molar-refractivity contribution in [3.63, 3.8) is 0 Å². The standard InChI is InChI=1S/C18H16ClFN6O2S/c1-9-17(21)25-14(8-29(9,27)28)12-5-15(23-7-13(12)20)26-18-16-10(2-3-22-18)4-11(19)6-24-16/h2-7,9,14H,8H2,1H3,(H2,21,25)(H,22,23,26)/t9?,14-/m0/s1. The van der Waals surface area contributed by atoms with Gasteiger partial charge in [0.05, 0.1) is 23.0 Å². The predicted octanol–water partition coefficient (Wildman–Crippen LogP) is 2.99. The second kappa shape index (κ2) is 7.20. The topological polar surface area (TPSA) is 121 Å². The van der Waals surface area contributed by atoms with E-state index in [9.17, 15) is 12.8 Å². The van der Waals surface area contributed by atoms with Crippen molar-refractivity contribution in [3.05, 3.63) is 53.2 Å². The Labute approximate surface area is 171 Å². The second-order valence-corrected chi connectivity index (χ2v) is 9.49. The highest BCUT2D eigenvalue weighted by atomic mass is 35.5. The molecule has 1 aliphatic rings. The molecule has 0 aliphatic carbocycles. The number of amidine groups is 1. The van der Waals surface area contributed by atoms with E-state index in [1.807, 2.05) is 0 Å². The molecule has 0 aromatic carbocycles. The monoisotopic (exact) mass is 434 g/mol. The Kier molecular flexibility index (Phi) is 4.83. The summed E-state index contributed by atoms with van der Waals surface area (Å²) in [4.78, 5) is 12.5. The number of hydrogen-bond donors (Lipinski definition) is 3. The molecule has 0 bridgehead atoms. The van der Waals surface area contributed by atoms with E-state index in [2.05, 4.69) is 25.6 Å². The molecular weight excluding hydrogens is 419 g/mol. The molecule has 11 heteroatoms. The molecule has 0 saturated carbocycles. The zero-order chi connectivity index (χ0) is 20.8. The molecule has 3 N–H and O–H groups in total. The summed E-state index contributed by atoms with van der Waals surface area (Å²) < 4.78 is 39.0. The summed E-state index contributed by atoms with van der Waals surface area (Å²) in [6, 6.07) is 4.02. The van der Waals surface area contributed by atoms with Crippen LogP contribution in [-0.4, -0.2) is 40.2 Å². The van der Waals surface area contributed by atoms with Gasteiger partial charge in [-0.15, -0.1) is 0 Å². The fourth-order valence-corrected chi connectivity index (χ4v) is 4.72. The minimum absolute atomic E-state index is 0.0963. The molecule has 1 aliphatic heterocycles. The number of anilines is 2. The molecule has 1 fully saturated rings. The van der Waals surface area contributed by atoms with Crippen LogP contribution >= 0.6 is 11.6 Å². The summed E-state index contributed by atoms with van der Waals surface area (Å²) in [5, 5.41) is 13.9. The largest absolute Gasteiger partial charge is 0.365 e. The minimum atomic E-state index is -3.56. The molecule has 1 unspecified atom stereocenters. The first-order chi connectivity index (χ1) is 13.7. The number of nitrogens with zero attached hydrogens (tertiary/aromatic N) is 3. The smallest absolute Gasteiger partial charge is 0.162 e. The van der Waals surface area contributed by atoms with Crippen molar-refractivity contribution < 1.29 is 12.8 Å². The summed E-state index contributed by atoms with van der Waals surface area (Å²) in [5.41, 5.74) is 0.650. The molecule has 4 heterocycles. The predicted molar refractivity (Wildman–Crippen MR) is 109 cm³/mol. The number of hydrogen-bond acceptors (Lipinski definition) is 7. The Balaban J connectivity index is 1.69. The lowest BCUT2D eigenvalue weighted by Crippen LogP contribution is -2.49. The van der Waals surface area contributed by atoms with E-state index in [1.54, 1.807) is 18.3 Å². The summed E-state index contributed by atoms with van der Waals surface area (Å²) in [7, 11) is -3.56. The SMILES string of the molecule is CC1C(=N)N[C@H](c2cc(Nc3nccc4cc(Cl)cnc34)ncc2F)CS1(=O)=O. The molecule has 29 heavy (non-hydrogen) atoms. The number of pyridine rings is 3. The number of sulfone groups is 1. The van der Waals surface area contributed by atoms with Gasteiger partial charge in [-0.05, 0) is 25.1 Å². The average Bonchev–Trinajstić information content (AvgIpc) is 2.67. The first kappa shape index (κ1) is 19.5. The Hall–Kier alpha value is -2.85. The fraction of sp³-hybridized carbons (Fsp3) is 0.222. The van der Waals surface area contributed by atoms with Crippen molar-refractivity contribution in [2.24, 2.45) is 0 Å². The van der Waals surface area contributed by atoms with Gasteiger partial charge in [0, 0.05) is 23.3 Å². The zero-order valence-corrected chi connectivity index (χ0v) is 16.7. The molecule has 0 amide bonds. The molecule has 4 rings (SSSR count). The molecule has 150 valence electrons. The van der Waals surface area contributed by atoms with Gasteiger partial charge >= 0.3 is 0 Å². The second-order valence-electron chi connectivity index (χ2n) is 6.68. The number of nitrogens with one attached hydrogen (secondary N) is 3. The number of fused-ring (bicyclic) bond motifs is 1. The molecule has 0 radical (unpaired) electrons. The van der Waals surface area contributed by atoms with Crippen LogP contribution in [-0.2, 0) is 9.84 Å². The Morgan fingerprint density at radius 2 is 2.07 bits per heavy atom. The quantitative estimate of drug-likeness (QED) is 0.579. The van der Waals surface area contributed by atoms with Gasteiger partial charge in [-0.3, -0.25) is 10.4 Å². The molecule has 3 aromatic heterocycles. The van der Waals surface area contributed by atoms with Crippen LogP contribution in [0.5, 0.6) is 0 Å². The maximum Gasteiger partial charge on any atom is 0.162 e. The van der Waals surface area contributed by atoms with Crippen molar-refractivity contribution in [2.45, 2.75) is 18.2 Å². The Morgan fingerprint density at radius 1 is 1.28 bits per heavy atom. The fourth-order valence-electron chi connectivity index (χ4n) is 3.11. The van der Waals surface area contributed by atoms with Gasteiger partial charge in [0.25, 0.3) is 0 Å². The number of halogens is 2. The minimum Gasteiger partial charge on any atom is -0.365 e. The van der Waals surface area contributed by atoms with Crippen LogP contribution in [0, 0.1) is 11.2 Å². The summed E-state index contributed by atoms with van der Waals surface area (Å²) in [5.74, 6) is -0.480. The van der Waals surface area contributed by atoms with E-state index in [1.165, 1.54) is 19.2 Å². The molecule has 8 nitrogen and oxygen atoms in total. The highest BCUT2D eigenvalue weighted by Gasteiger charge is 2.36. The van der Waals surface area contributed by atoms with Crippen LogP contribution in [0.15, 0.2) is 36.8 Å². The number of rotatable bonds is 3. The molecule has 2 atom stereocenters. The average molecular weight is 435 g/mol. The molecule has 0 spiro atoms. The van der Waals surface area contributed by atoms with Gasteiger partial charge in [0.1, 0.15) is 28.2 Å². The van der Waals surface area contributed by atoms with Crippen LogP contribution in [0.3, 0.4) is 0 Å². The lowest BCUT2D eigenvalue weighted by Gasteiger charge is -2.30. The molecule has 3 aromatic rings. The highest BCUT2D eigenvalue weighted by Crippen LogP contribution is 2.28. The normalized spacial score (nSPS) is 21.0. The van der Waals surface area contributed by atoms with Crippen molar-refractivity contribution in [2.75, 3.05) is 11.1 Å². The van der Waals surface area contributed by atoms with Gasteiger partial charge < -0.3 is 10.6 Å². The van der Waals surface area contributed by atoms with E-state index < -0.39 is 26.9 Å². The van der Waals surface area contributed by atoms with Crippen LogP contribution in [0.4, 0.5) is 16.0 Å². The van der Waals surface area contributed by atoms with Gasteiger partial charge in [0.2, 0.25) is 0 Å². The van der Waals surface area contributed by atoms with Crippen LogP contribution in [0.25, 0.3) is 10.9 Å².